The zero-order valence-corrected chi connectivity index (χ0v) is 24.4. The van der Waals surface area contributed by atoms with Crippen LogP contribution in [-0.2, 0) is 14.8 Å². The van der Waals surface area contributed by atoms with E-state index in [0.29, 0.717) is 59.2 Å². The molecule has 5 rings (SSSR count). The number of benzene rings is 2. The molecule has 2 saturated heterocycles. The summed E-state index contributed by atoms with van der Waals surface area (Å²) < 4.78 is 51.8. The van der Waals surface area contributed by atoms with Crippen LogP contribution in [0.4, 0.5) is 27.1 Å². The van der Waals surface area contributed by atoms with Gasteiger partial charge < -0.3 is 29.7 Å². The molecule has 3 aliphatic rings. The van der Waals surface area contributed by atoms with Crippen LogP contribution in [-0.4, -0.2) is 77.0 Å². The third-order valence-electron chi connectivity index (χ3n) is 8.42. The minimum Gasteiger partial charge on any atom is -0.461 e. The van der Waals surface area contributed by atoms with Gasteiger partial charge in [0, 0.05) is 31.9 Å². The Kier molecular flexibility index (Phi) is 8.62. The molecule has 2 aromatic carbocycles. The lowest BCUT2D eigenvalue weighted by molar-refractivity contribution is 0.0529. The van der Waals surface area contributed by atoms with Crippen molar-refractivity contribution < 1.29 is 32.2 Å². The molecule has 3 N–H and O–H groups in total. The van der Waals surface area contributed by atoms with Gasteiger partial charge in [0.25, 0.3) is 5.91 Å². The van der Waals surface area contributed by atoms with Gasteiger partial charge in [-0.05, 0) is 81.3 Å². The molecule has 0 radical (unpaired) electrons. The second-order valence-electron chi connectivity index (χ2n) is 11.4. The Morgan fingerprint density at radius 2 is 1.80 bits per heavy atom. The first kappa shape index (κ1) is 29.4. The van der Waals surface area contributed by atoms with Crippen LogP contribution in [0.1, 0.15) is 49.9 Å². The Hall–Kier alpha value is -3.09. The summed E-state index contributed by atoms with van der Waals surface area (Å²) in [4.78, 5) is 17.9. The van der Waals surface area contributed by atoms with Gasteiger partial charge >= 0.3 is 0 Å². The van der Waals surface area contributed by atoms with Crippen LogP contribution < -0.4 is 24.6 Å². The molecule has 2 aromatic rings. The van der Waals surface area contributed by atoms with Gasteiger partial charge in [-0.2, -0.15) is 0 Å². The molecule has 0 aromatic heterocycles. The van der Waals surface area contributed by atoms with Crippen molar-refractivity contribution in [3.63, 3.8) is 0 Å². The molecular formula is C29H39FN4O6S. The van der Waals surface area contributed by atoms with Crippen molar-refractivity contribution in [2.24, 2.45) is 5.41 Å². The van der Waals surface area contributed by atoms with E-state index in [9.17, 15) is 22.7 Å². The molecule has 1 saturated carbocycles. The SMILES string of the molecule is C[C@@H]1CN(c2cc(NC(=O)c3ccc(NS(=O)(=O)[C@H](C)CO)cc3N3CCC4(CC3)CC4)ccc2OCF)CCO1. The van der Waals surface area contributed by atoms with Gasteiger partial charge in [-0.25, -0.2) is 12.8 Å². The maximum absolute atomic E-state index is 13.7. The number of amides is 1. The zero-order chi connectivity index (χ0) is 29.2. The van der Waals surface area contributed by atoms with E-state index in [1.807, 2.05) is 6.92 Å². The van der Waals surface area contributed by atoms with Crippen molar-refractivity contribution in [1.82, 2.24) is 0 Å². The van der Waals surface area contributed by atoms with Crippen LogP contribution in [0.2, 0.25) is 0 Å². The summed E-state index contributed by atoms with van der Waals surface area (Å²) in [7, 11) is -3.80. The number of nitrogens with zero attached hydrogens (tertiary/aromatic N) is 2. The normalized spacial score (nSPS) is 20.9. The van der Waals surface area contributed by atoms with Crippen molar-refractivity contribution in [3.8, 4) is 5.75 Å². The second-order valence-corrected chi connectivity index (χ2v) is 13.5. The largest absolute Gasteiger partial charge is 0.461 e. The van der Waals surface area contributed by atoms with Gasteiger partial charge in [0.15, 0.2) is 0 Å². The summed E-state index contributed by atoms with van der Waals surface area (Å²) in [5.74, 6) is 0.0432. The summed E-state index contributed by atoms with van der Waals surface area (Å²) >= 11 is 0. The second kappa shape index (κ2) is 12.0. The highest BCUT2D eigenvalue weighted by atomic mass is 32.2. The number of aliphatic hydroxyl groups is 1. The lowest BCUT2D eigenvalue weighted by Crippen LogP contribution is -2.41. The van der Waals surface area contributed by atoms with Gasteiger partial charge in [-0.3, -0.25) is 9.52 Å². The van der Waals surface area contributed by atoms with Crippen LogP contribution in [0.25, 0.3) is 0 Å². The number of rotatable bonds is 10. The molecule has 1 amide bonds. The van der Waals surface area contributed by atoms with Crippen LogP contribution >= 0.6 is 0 Å². The number of aliphatic hydroxyl groups excluding tert-OH is 1. The number of nitrogens with one attached hydrogen (secondary N) is 2. The van der Waals surface area contributed by atoms with Gasteiger partial charge in [-0.1, -0.05) is 0 Å². The monoisotopic (exact) mass is 590 g/mol. The molecular weight excluding hydrogens is 551 g/mol. The highest BCUT2D eigenvalue weighted by Crippen LogP contribution is 2.54. The molecule has 2 aliphatic heterocycles. The molecule has 41 heavy (non-hydrogen) atoms. The van der Waals surface area contributed by atoms with Gasteiger partial charge in [-0.15, -0.1) is 0 Å². The van der Waals surface area contributed by atoms with Crippen molar-refractivity contribution in [1.29, 1.82) is 0 Å². The predicted molar refractivity (Wildman–Crippen MR) is 157 cm³/mol. The lowest BCUT2D eigenvalue weighted by atomic mass is 9.93. The number of sulfonamides is 1. The first-order valence-electron chi connectivity index (χ1n) is 14.2. The Labute approximate surface area is 240 Å². The van der Waals surface area contributed by atoms with Crippen LogP contribution in [0.5, 0.6) is 5.75 Å². The number of alkyl halides is 1. The van der Waals surface area contributed by atoms with Crippen molar-refractivity contribution in [2.75, 3.05) is 66.1 Å². The molecule has 1 aliphatic carbocycles. The number of hydrogen-bond donors (Lipinski definition) is 3. The number of anilines is 4. The first-order valence-corrected chi connectivity index (χ1v) is 15.7. The summed E-state index contributed by atoms with van der Waals surface area (Å²) in [5.41, 5.74) is 3.02. The summed E-state index contributed by atoms with van der Waals surface area (Å²) in [6, 6.07) is 9.97. The standard InChI is InChI=1S/C29H39FN4O6S/c1-20-17-34(13-14-39-20)26-15-22(4-6-27(26)40-19-30)31-28(36)24-5-3-23(32-41(37,38)21(2)18-35)16-25(24)33-11-9-29(7-8-29)10-12-33/h3-6,15-16,20-21,32,35H,7-14,17-19H2,1-2H3,(H,31,36)/t20-,21-/m1/s1. The van der Waals surface area contributed by atoms with Crippen LogP contribution in [0, 0.1) is 5.41 Å². The quantitative estimate of drug-likeness (QED) is 0.380. The van der Waals surface area contributed by atoms with Crippen molar-refractivity contribution >= 4 is 38.7 Å². The maximum Gasteiger partial charge on any atom is 0.257 e. The summed E-state index contributed by atoms with van der Waals surface area (Å²) in [5, 5.41) is 11.4. The van der Waals surface area contributed by atoms with E-state index in [-0.39, 0.29) is 12.0 Å². The number of hydrogen-bond acceptors (Lipinski definition) is 8. The van der Waals surface area contributed by atoms with Gasteiger partial charge in [0.05, 0.1) is 41.9 Å². The Morgan fingerprint density at radius 1 is 1.10 bits per heavy atom. The number of halogens is 1. The number of carbonyl (C=O) groups is 1. The Morgan fingerprint density at radius 3 is 2.46 bits per heavy atom. The summed E-state index contributed by atoms with van der Waals surface area (Å²) in [6.45, 7) is 5.22. The van der Waals surface area contributed by atoms with Crippen LogP contribution in [0.15, 0.2) is 36.4 Å². The van der Waals surface area contributed by atoms with E-state index in [0.717, 1.165) is 25.9 Å². The Bertz CT molecular complexity index is 1360. The molecule has 0 unspecified atom stereocenters. The molecule has 2 atom stereocenters. The lowest BCUT2D eigenvalue weighted by Gasteiger charge is -2.35. The Balaban J connectivity index is 1.42. The van der Waals surface area contributed by atoms with Crippen molar-refractivity contribution in [3.05, 3.63) is 42.0 Å². The van der Waals surface area contributed by atoms with E-state index >= 15 is 0 Å². The third kappa shape index (κ3) is 6.70. The smallest absolute Gasteiger partial charge is 0.257 e. The molecule has 1 spiro atoms. The summed E-state index contributed by atoms with van der Waals surface area (Å²) in [6.07, 6.45) is 4.53. The van der Waals surface area contributed by atoms with E-state index in [1.165, 1.54) is 19.8 Å². The fourth-order valence-corrected chi connectivity index (χ4v) is 6.42. The molecule has 0 bridgehead atoms. The third-order valence-corrected chi connectivity index (χ3v) is 10.1. The zero-order valence-electron chi connectivity index (χ0n) is 23.6. The van der Waals surface area contributed by atoms with Crippen molar-refractivity contribution in [2.45, 2.75) is 50.9 Å². The van der Waals surface area contributed by atoms with Crippen LogP contribution in [0.3, 0.4) is 0 Å². The van der Waals surface area contributed by atoms with E-state index < -0.39 is 28.7 Å². The van der Waals surface area contributed by atoms with E-state index in [1.54, 1.807) is 36.4 Å². The van der Waals surface area contributed by atoms with Gasteiger partial charge in [0.1, 0.15) is 11.0 Å². The van der Waals surface area contributed by atoms with E-state index in [2.05, 4.69) is 19.8 Å². The molecule has 10 nitrogen and oxygen atoms in total. The molecule has 12 heteroatoms. The highest BCUT2D eigenvalue weighted by Gasteiger charge is 2.44. The fourth-order valence-electron chi connectivity index (χ4n) is 5.57. The highest BCUT2D eigenvalue weighted by molar-refractivity contribution is 7.93. The number of carbonyl (C=O) groups excluding carboxylic acids is 1. The molecule has 224 valence electrons. The molecule has 2 heterocycles. The van der Waals surface area contributed by atoms with E-state index in [4.69, 9.17) is 9.47 Å². The first-order chi connectivity index (χ1) is 19.6. The number of morpholine rings is 1. The van der Waals surface area contributed by atoms with Gasteiger partial charge in [0.2, 0.25) is 16.9 Å². The predicted octanol–water partition coefficient (Wildman–Crippen LogP) is 3.97. The number of ether oxygens (including phenoxy) is 2. The maximum atomic E-state index is 13.7. The average Bonchev–Trinajstić information content (AvgIpc) is 3.72. The average molecular weight is 591 g/mol. The minimum atomic E-state index is -3.80. The number of piperidine rings is 1. The fraction of sp³-hybridized carbons (Fsp3) is 0.552. The topological polar surface area (TPSA) is 120 Å². The minimum absolute atomic E-state index is 0.00148. The molecule has 3 fully saturated rings.